The molecule has 180 valence electrons. The highest BCUT2D eigenvalue weighted by Crippen LogP contribution is 2.34. The number of benzene rings is 1. The fraction of sp³-hybridized carbons (Fsp3) is 0.320. The summed E-state index contributed by atoms with van der Waals surface area (Å²) in [5.41, 5.74) is 2.67. The molecule has 0 aliphatic carbocycles. The van der Waals surface area contributed by atoms with Crippen molar-refractivity contribution >= 4 is 34.2 Å². The number of aryl methyl sites for hydroxylation is 2. The van der Waals surface area contributed by atoms with Gasteiger partial charge in [0.15, 0.2) is 5.76 Å². The number of carbonyl (C=O) groups excluding carboxylic acids is 3. The molecule has 0 spiro atoms. The van der Waals surface area contributed by atoms with E-state index < -0.39 is 17.8 Å². The molecule has 0 radical (unpaired) electrons. The summed E-state index contributed by atoms with van der Waals surface area (Å²) < 4.78 is 21.6. The van der Waals surface area contributed by atoms with Crippen LogP contribution in [0.3, 0.4) is 0 Å². The summed E-state index contributed by atoms with van der Waals surface area (Å²) in [6, 6.07) is 9.05. The van der Waals surface area contributed by atoms with Crippen LogP contribution in [0.25, 0.3) is 0 Å². The number of carbonyl (C=O) groups is 3. The van der Waals surface area contributed by atoms with Gasteiger partial charge in [-0.15, -0.1) is 11.3 Å². The zero-order valence-corrected chi connectivity index (χ0v) is 20.6. The van der Waals surface area contributed by atoms with E-state index in [-0.39, 0.29) is 41.0 Å². The van der Waals surface area contributed by atoms with Gasteiger partial charge in [-0.3, -0.25) is 4.79 Å². The average Bonchev–Trinajstić information content (AvgIpc) is 3.36. The normalized spacial score (nSPS) is 10.6. The highest BCUT2D eigenvalue weighted by molar-refractivity contribution is 7.18. The van der Waals surface area contributed by atoms with E-state index in [1.54, 1.807) is 26.8 Å². The van der Waals surface area contributed by atoms with E-state index in [1.165, 1.54) is 6.07 Å². The number of hydrogen-bond acceptors (Lipinski definition) is 8. The Morgan fingerprint density at radius 2 is 1.59 bits per heavy atom. The molecule has 1 N–H and O–H groups in total. The summed E-state index contributed by atoms with van der Waals surface area (Å²) in [6.07, 6.45) is 0. The Kier molecular flexibility index (Phi) is 8.12. The van der Waals surface area contributed by atoms with Crippen molar-refractivity contribution in [1.29, 1.82) is 0 Å². The predicted octanol–water partition coefficient (Wildman–Crippen LogP) is 5.45. The Morgan fingerprint density at radius 1 is 0.941 bits per heavy atom. The molecule has 0 aliphatic rings. The molecule has 2 aromatic heterocycles. The van der Waals surface area contributed by atoms with Crippen LogP contribution in [0.1, 0.15) is 66.9 Å². The summed E-state index contributed by atoms with van der Waals surface area (Å²) in [4.78, 5) is 37.9. The van der Waals surface area contributed by atoms with E-state index >= 15 is 0 Å². The molecule has 0 unspecified atom stereocenters. The maximum absolute atomic E-state index is 12.8. The fourth-order valence-electron chi connectivity index (χ4n) is 3.35. The van der Waals surface area contributed by atoms with Crippen molar-refractivity contribution in [3.8, 4) is 5.75 Å². The van der Waals surface area contributed by atoms with Gasteiger partial charge in [-0.25, -0.2) is 9.59 Å². The first-order valence-electron chi connectivity index (χ1n) is 10.8. The van der Waals surface area contributed by atoms with Gasteiger partial charge in [0.05, 0.1) is 18.8 Å². The van der Waals surface area contributed by atoms with Gasteiger partial charge in [-0.05, 0) is 75.6 Å². The third-order valence-electron chi connectivity index (χ3n) is 4.78. The number of hydrogen-bond donors (Lipinski definition) is 1. The van der Waals surface area contributed by atoms with Crippen LogP contribution >= 0.6 is 11.3 Å². The van der Waals surface area contributed by atoms with Crippen LogP contribution in [-0.4, -0.2) is 31.1 Å². The molecular weight excluding hydrogens is 458 g/mol. The molecule has 0 saturated carbocycles. The van der Waals surface area contributed by atoms with Gasteiger partial charge < -0.3 is 23.9 Å². The molecule has 2 heterocycles. The fourth-order valence-corrected chi connectivity index (χ4v) is 4.44. The van der Waals surface area contributed by atoms with E-state index in [0.717, 1.165) is 22.5 Å². The van der Waals surface area contributed by atoms with Crippen LogP contribution in [0.15, 0.2) is 34.7 Å². The van der Waals surface area contributed by atoms with Gasteiger partial charge in [-0.1, -0.05) is 6.07 Å². The highest BCUT2D eigenvalue weighted by Gasteiger charge is 2.28. The maximum atomic E-state index is 12.8. The lowest BCUT2D eigenvalue weighted by atomic mass is 10.1. The molecule has 0 aliphatic heterocycles. The van der Waals surface area contributed by atoms with Crippen molar-refractivity contribution in [3.63, 3.8) is 0 Å². The molecule has 1 aromatic carbocycles. The Hall–Kier alpha value is -3.59. The highest BCUT2D eigenvalue weighted by atomic mass is 32.1. The topological polar surface area (TPSA) is 104 Å². The van der Waals surface area contributed by atoms with E-state index in [4.69, 9.17) is 18.6 Å². The zero-order valence-electron chi connectivity index (χ0n) is 19.8. The van der Waals surface area contributed by atoms with Gasteiger partial charge in [-0.2, -0.15) is 0 Å². The summed E-state index contributed by atoms with van der Waals surface area (Å²) in [5.74, 6) is -0.564. The summed E-state index contributed by atoms with van der Waals surface area (Å²) in [5, 5.41) is 2.85. The predicted molar refractivity (Wildman–Crippen MR) is 128 cm³/mol. The molecule has 0 bridgehead atoms. The zero-order chi connectivity index (χ0) is 24.8. The first-order valence-corrected chi connectivity index (χ1v) is 11.6. The van der Waals surface area contributed by atoms with Crippen molar-refractivity contribution < 1.29 is 33.0 Å². The van der Waals surface area contributed by atoms with Crippen LogP contribution in [0, 0.1) is 20.8 Å². The number of anilines is 1. The number of furan rings is 1. The van der Waals surface area contributed by atoms with Crippen LogP contribution in [-0.2, 0) is 16.1 Å². The van der Waals surface area contributed by atoms with Crippen molar-refractivity contribution in [3.05, 3.63) is 69.0 Å². The quantitative estimate of drug-likeness (QED) is 0.402. The first-order chi connectivity index (χ1) is 16.2. The Bertz CT molecular complexity index is 1190. The minimum absolute atomic E-state index is 0.0394. The Balaban J connectivity index is 1.77. The summed E-state index contributed by atoms with van der Waals surface area (Å²) in [6.45, 7) is 9.43. The van der Waals surface area contributed by atoms with Gasteiger partial charge in [0.1, 0.15) is 28.0 Å². The number of esters is 2. The number of thiophene rings is 1. The third kappa shape index (κ3) is 5.85. The van der Waals surface area contributed by atoms with Crippen LogP contribution < -0.4 is 10.1 Å². The first kappa shape index (κ1) is 25.0. The molecule has 0 fully saturated rings. The van der Waals surface area contributed by atoms with Crippen molar-refractivity contribution in [2.45, 2.75) is 41.2 Å². The number of rotatable bonds is 9. The minimum atomic E-state index is -0.635. The number of amides is 1. The van der Waals surface area contributed by atoms with Crippen LogP contribution in [0.4, 0.5) is 5.00 Å². The number of nitrogens with one attached hydrogen (secondary N) is 1. The molecule has 0 saturated heterocycles. The van der Waals surface area contributed by atoms with Gasteiger partial charge in [0, 0.05) is 0 Å². The van der Waals surface area contributed by atoms with E-state index in [1.807, 2.05) is 32.0 Å². The Labute approximate surface area is 201 Å². The van der Waals surface area contributed by atoms with Crippen LogP contribution in [0.2, 0.25) is 0 Å². The molecule has 0 atom stereocenters. The number of ether oxygens (including phenoxy) is 3. The monoisotopic (exact) mass is 485 g/mol. The molecule has 1 amide bonds. The van der Waals surface area contributed by atoms with Gasteiger partial charge in [0.2, 0.25) is 0 Å². The molecule has 8 nitrogen and oxygen atoms in total. The largest absolute Gasteiger partial charge is 0.486 e. The second kappa shape index (κ2) is 11.0. The maximum Gasteiger partial charge on any atom is 0.348 e. The molecule has 3 aromatic rings. The average molecular weight is 486 g/mol. The van der Waals surface area contributed by atoms with Gasteiger partial charge >= 0.3 is 11.9 Å². The Morgan fingerprint density at radius 3 is 2.24 bits per heavy atom. The second-order valence-electron chi connectivity index (χ2n) is 7.53. The lowest BCUT2D eigenvalue weighted by molar-refractivity contribution is 0.0527. The third-order valence-corrected chi connectivity index (χ3v) is 5.96. The lowest BCUT2D eigenvalue weighted by Gasteiger charge is -2.07. The van der Waals surface area contributed by atoms with E-state index in [9.17, 15) is 14.4 Å². The van der Waals surface area contributed by atoms with Gasteiger partial charge in [0.25, 0.3) is 5.91 Å². The molecule has 9 heteroatoms. The van der Waals surface area contributed by atoms with Crippen molar-refractivity contribution in [1.82, 2.24) is 0 Å². The standard InChI is InChI=1S/C25H27NO7S/c1-6-30-24(28)20-16(5)21(25(29)31-7-2)34-23(20)26-22(27)19-9-8-17(33-19)13-32-18-11-14(3)10-15(4)12-18/h8-12H,6-7,13H2,1-5H3,(H,26,27). The molecular formula is C25H27NO7S. The van der Waals surface area contributed by atoms with Crippen molar-refractivity contribution in [2.75, 3.05) is 18.5 Å². The second-order valence-corrected chi connectivity index (χ2v) is 8.55. The molecule has 34 heavy (non-hydrogen) atoms. The summed E-state index contributed by atoms with van der Waals surface area (Å²) in [7, 11) is 0. The smallest absolute Gasteiger partial charge is 0.348 e. The van der Waals surface area contributed by atoms with Crippen molar-refractivity contribution in [2.24, 2.45) is 0 Å². The summed E-state index contributed by atoms with van der Waals surface area (Å²) >= 11 is 0.955. The SMILES string of the molecule is CCOC(=O)c1sc(NC(=O)c2ccc(COc3cc(C)cc(C)c3)o2)c(C(=O)OCC)c1C. The minimum Gasteiger partial charge on any atom is -0.486 e. The molecule has 3 rings (SSSR count). The lowest BCUT2D eigenvalue weighted by Crippen LogP contribution is -2.14. The van der Waals surface area contributed by atoms with E-state index in [2.05, 4.69) is 5.32 Å². The van der Waals surface area contributed by atoms with Crippen LogP contribution in [0.5, 0.6) is 5.75 Å². The van der Waals surface area contributed by atoms with E-state index in [0.29, 0.717) is 17.1 Å².